The molecule has 1 atom stereocenters. The van der Waals surface area contributed by atoms with Gasteiger partial charge in [-0.2, -0.15) is 0 Å². The predicted molar refractivity (Wildman–Crippen MR) is 107 cm³/mol. The van der Waals surface area contributed by atoms with Crippen molar-refractivity contribution in [3.63, 3.8) is 0 Å². The number of likely N-dealkylation sites (N-methyl/N-ethyl adjacent to an activating group) is 1. The molecule has 1 aromatic carbocycles. The molecule has 2 aliphatic rings. The minimum absolute atomic E-state index is 0.194. The minimum atomic E-state index is -0.353. The first-order valence-electron chi connectivity index (χ1n) is 10.3. The average Bonchev–Trinajstić information content (AvgIpc) is 2.73. The molecule has 2 fully saturated rings. The number of halogens is 1. The van der Waals surface area contributed by atoms with Crippen LogP contribution in [0.5, 0.6) is 0 Å². The molecule has 1 aromatic rings. The molecule has 0 aliphatic carbocycles. The molecule has 0 radical (unpaired) electrons. The number of hydrogen-bond acceptors (Lipinski definition) is 4. The van der Waals surface area contributed by atoms with Crippen LogP contribution >= 0.6 is 0 Å². The van der Waals surface area contributed by atoms with Gasteiger partial charge in [-0.15, -0.1) is 0 Å². The molecule has 7 heteroatoms. The number of amides is 2. The Balaban J connectivity index is 1.42. The van der Waals surface area contributed by atoms with Crippen molar-refractivity contribution < 1.29 is 14.0 Å². The van der Waals surface area contributed by atoms with E-state index in [0.717, 1.165) is 52.1 Å². The molecule has 3 rings (SSSR count). The maximum Gasteiger partial charge on any atom is 0.251 e. The van der Waals surface area contributed by atoms with Gasteiger partial charge in [0.1, 0.15) is 5.82 Å². The Morgan fingerprint density at radius 2 is 1.75 bits per heavy atom. The largest absolute Gasteiger partial charge is 0.352 e. The normalized spacial score (nSPS) is 21.5. The van der Waals surface area contributed by atoms with Gasteiger partial charge in [-0.3, -0.25) is 14.5 Å². The van der Waals surface area contributed by atoms with Gasteiger partial charge in [0.2, 0.25) is 5.91 Å². The molecular weight excluding hydrogens is 359 g/mol. The zero-order valence-electron chi connectivity index (χ0n) is 16.7. The summed E-state index contributed by atoms with van der Waals surface area (Å²) in [4.78, 5) is 31.5. The number of nitrogens with one attached hydrogen (secondary N) is 1. The van der Waals surface area contributed by atoms with Crippen molar-refractivity contribution in [1.29, 1.82) is 0 Å². The van der Waals surface area contributed by atoms with E-state index in [-0.39, 0.29) is 23.5 Å². The lowest BCUT2D eigenvalue weighted by Crippen LogP contribution is -2.51. The molecule has 2 heterocycles. The molecule has 0 bridgehead atoms. The highest BCUT2D eigenvalue weighted by Crippen LogP contribution is 2.17. The van der Waals surface area contributed by atoms with Crippen molar-refractivity contribution in [2.45, 2.75) is 19.8 Å². The summed E-state index contributed by atoms with van der Waals surface area (Å²) in [5.41, 5.74) is 0.455. The number of benzene rings is 1. The molecular formula is C21H31FN4O2. The molecule has 2 saturated heterocycles. The lowest BCUT2D eigenvalue weighted by molar-refractivity contribution is -0.134. The Morgan fingerprint density at radius 1 is 1.07 bits per heavy atom. The average molecular weight is 391 g/mol. The van der Waals surface area contributed by atoms with Crippen molar-refractivity contribution in [2.75, 3.05) is 58.9 Å². The number of hydrogen-bond donors (Lipinski definition) is 1. The molecule has 0 aromatic heterocycles. The lowest BCUT2D eigenvalue weighted by Gasteiger charge is -2.37. The Labute approximate surface area is 166 Å². The lowest BCUT2D eigenvalue weighted by atomic mass is 9.97. The molecule has 0 saturated carbocycles. The van der Waals surface area contributed by atoms with Gasteiger partial charge in [0.15, 0.2) is 0 Å². The van der Waals surface area contributed by atoms with Crippen molar-refractivity contribution in [3.05, 3.63) is 35.6 Å². The first-order chi connectivity index (χ1) is 13.5. The van der Waals surface area contributed by atoms with Gasteiger partial charge in [-0.25, -0.2) is 4.39 Å². The smallest absolute Gasteiger partial charge is 0.251 e. The van der Waals surface area contributed by atoms with E-state index in [9.17, 15) is 14.0 Å². The summed E-state index contributed by atoms with van der Waals surface area (Å²) >= 11 is 0. The molecule has 0 unspecified atom stereocenters. The van der Waals surface area contributed by atoms with Gasteiger partial charge >= 0.3 is 0 Å². The first-order valence-corrected chi connectivity index (χ1v) is 10.3. The van der Waals surface area contributed by atoms with Crippen LogP contribution in [-0.4, -0.2) is 85.4 Å². The molecule has 2 amide bonds. The summed E-state index contributed by atoms with van der Waals surface area (Å²) in [7, 11) is 0. The van der Waals surface area contributed by atoms with Crippen LogP contribution in [0.2, 0.25) is 0 Å². The third-order valence-electron chi connectivity index (χ3n) is 5.80. The van der Waals surface area contributed by atoms with E-state index >= 15 is 0 Å². The number of likely N-dealkylation sites (tertiary alicyclic amines) is 1. The highest BCUT2D eigenvalue weighted by Gasteiger charge is 2.26. The van der Waals surface area contributed by atoms with Crippen molar-refractivity contribution in [3.8, 4) is 0 Å². The van der Waals surface area contributed by atoms with E-state index in [0.29, 0.717) is 25.2 Å². The maximum atomic E-state index is 13.0. The fourth-order valence-electron chi connectivity index (χ4n) is 3.95. The van der Waals surface area contributed by atoms with Crippen LogP contribution in [-0.2, 0) is 4.79 Å². The van der Waals surface area contributed by atoms with E-state index in [4.69, 9.17) is 0 Å². The van der Waals surface area contributed by atoms with Crippen LogP contribution < -0.4 is 5.32 Å². The number of piperazine rings is 1. The first kappa shape index (κ1) is 20.7. The number of piperidine rings is 1. The number of nitrogens with zero attached hydrogens (tertiary/aromatic N) is 3. The second kappa shape index (κ2) is 9.98. The van der Waals surface area contributed by atoms with Gasteiger partial charge in [0, 0.05) is 51.4 Å². The van der Waals surface area contributed by atoms with Gasteiger partial charge in [-0.05, 0) is 49.6 Å². The number of carbonyl (C=O) groups excluding carboxylic acids is 2. The second-order valence-corrected chi connectivity index (χ2v) is 7.78. The van der Waals surface area contributed by atoms with Crippen LogP contribution in [0.15, 0.2) is 24.3 Å². The standard InChI is InChI=1S/C21H31FN4O2/c1-2-24-10-12-25(13-11-24)16-20(27)26-9-3-4-17(15-26)14-23-21(28)18-5-7-19(22)8-6-18/h5-8,17H,2-4,9-16H2,1H3,(H,23,28)/t17-/m0/s1. The Morgan fingerprint density at radius 3 is 2.43 bits per heavy atom. The highest BCUT2D eigenvalue weighted by atomic mass is 19.1. The van der Waals surface area contributed by atoms with E-state index in [2.05, 4.69) is 22.0 Å². The zero-order valence-corrected chi connectivity index (χ0v) is 16.7. The Bertz CT molecular complexity index is 659. The van der Waals surface area contributed by atoms with Crippen LogP contribution in [0, 0.1) is 11.7 Å². The van der Waals surface area contributed by atoms with E-state index in [1.165, 1.54) is 24.3 Å². The van der Waals surface area contributed by atoms with E-state index < -0.39 is 0 Å². The molecule has 0 spiro atoms. The van der Waals surface area contributed by atoms with Gasteiger partial charge in [0.05, 0.1) is 6.54 Å². The third-order valence-corrected chi connectivity index (χ3v) is 5.80. The minimum Gasteiger partial charge on any atom is -0.352 e. The van der Waals surface area contributed by atoms with E-state index in [1.807, 2.05) is 4.90 Å². The van der Waals surface area contributed by atoms with Gasteiger partial charge < -0.3 is 15.1 Å². The van der Waals surface area contributed by atoms with Crippen molar-refractivity contribution >= 4 is 11.8 Å². The molecule has 6 nitrogen and oxygen atoms in total. The molecule has 2 aliphatic heterocycles. The van der Waals surface area contributed by atoms with Crippen LogP contribution in [0.4, 0.5) is 4.39 Å². The van der Waals surface area contributed by atoms with Gasteiger partial charge in [-0.1, -0.05) is 6.92 Å². The number of rotatable bonds is 6. The summed E-state index contributed by atoms with van der Waals surface area (Å²) in [5, 5.41) is 2.92. The predicted octanol–water partition coefficient (Wildman–Crippen LogP) is 1.43. The second-order valence-electron chi connectivity index (χ2n) is 7.78. The summed E-state index contributed by atoms with van der Waals surface area (Å²) in [5.74, 6) is -0.0927. The van der Waals surface area contributed by atoms with Crippen LogP contribution in [0.3, 0.4) is 0 Å². The molecule has 1 N–H and O–H groups in total. The molecule has 28 heavy (non-hydrogen) atoms. The summed E-state index contributed by atoms with van der Waals surface area (Å²) in [6.45, 7) is 9.72. The van der Waals surface area contributed by atoms with Crippen molar-refractivity contribution in [2.24, 2.45) is 5.92 Å². The quantitative estimate of drug-likeness (QED) is 0.799. The Kier molecular flexibility index (Phi) is 7.39. The van der Waals surface area contributed by atoms with Crippen LogP contribution in [0.1, 0.15) is 30.1 Å². The fourth-order valence-corrected chi connectivity index (χ4v) is 3.95. The molecule has 154 valence electrons. The summed E-state index contributed by atoms with van der Waals surface area (Å²) < 4.78 is 13.0. The zero-order chi connectivity index (χ0) is 19.9. The van der Waals surface area contributed by atoms with E-state index in [1.54, 1.807) is 0 Å². The van der Waals surface area contributed by atoms with Crippen LogP contribution in [0.25, 0.3) is 0 Å². The third kappa shape index (κ3) is 5.75. The fraction of sp³-hybridized carbons (Fsp3) is 0.619. The monoisotopic (exact) mass is 390 g/mol. The highest BCUT2D eigenvalue weighted by molar-refractivity contribution is 5.94. The summed E-state index contributed by atoms with van der Waals surface area (Å²) in [6, 6.07) is 5.55. The van der Waals surface area contributed by atoms with Gasteiger partial charge in [0.25, 0.3) is 5.91 Å². The maximum absolute atomic E-state index is 13.0. The van der Waals surface area contributed by atoms with Crippen molar-refractivity contribution in [1.82, 2.24) is 20.0 Å². The number of carbonyl (C=O) groups is 2. The Hall–Kier alpha value is -1.99. The summed E-state index contributed by atoms with van der Waals surface area (Å²) in [6.07, 6.45) is 1.97. The topological polar surface area (TPSA) is 55.9 Å². The SMILES string of the molecule is CCN1CCN(CC(=O)N2CCC[C@@H](CNC(=O)c3ccc(F)cc3)C2)CC1.